The van der Waals surface area contributed by atoms with Crippen molar-refractivity contribution >= 4 is 27.3 Å². The molecule has 2 aliphatic carbocycles. The van der Waals surface area contributed by atoms with E-state index in [0.717, 1.165) is 69.2 Å². The number of imidazole rings is 1. The van der Waals surface area contributed by atoms with E-state index in [9.17, 15) is 0 Å². The van der Waals surface area contributed by atoms with E-state index in [1.54, 1.807) is 0 Å². The van der Waals surface area contributed by atoms with Gasteiger partial charge in [0.25, 0.3) is 0 Å². The van der Waals surface area contributed by atoms with Crippen molar-refractivity contribution in [2.45, 2.75) is 91.9 Å². The van der Waals surface area contributed by atoms with Crippen LogP contribution in [0.1, 0.15) is 86.3 Å². The Morgan fingerprint density at radius 2 is 1.29 bits per heavy atom. The predicted molar refractivity (Wildman–Crippen MR) is 252 cm³/mol. The van der Waals surface area contributed by atoms with Gasteiger partial charge in [0.15, 0.2) is 0 Å². The standard InChI is InChI=1S/C56H54N4O.Pt/c1-36-29-53(57-37(2)54(36)41-20-23-42(24-21-41)55(3,4)5)60-50-12-10-9-11-48(50)49-28-27-46(33-51(49)60)61-47-31-43(56(6,7)8)30-45(32-47)58-34-52-40-19-17-38-13-15-39(16-14-38)18-25-44(26-22-40)59(52)35-58;/h9-16,20-24,26-34H,17-19,25H2,1-8H3;. The fraction of sp³-hybridized carbons (Fsp3) is 0.250. The second-order valence-electron chi connectivity index (χ2n) is 19.3. The van der Waals surface area contributed by atoms with E-state index in [2.05, 4.69) is 222 Å². The molecule has 0 N–H and O–H groups in total. The smallest absolute Gasteiger partial charge is 0.0579 e. The summed E-state index contributed by atoms with van der Waals surface area (Å²) in [6, 6.07) is 47.0. The van der Waals surface area contributed by atoms with Gasteiger partial charge in [-0.15, -0.1) is 0 Å². The van der Waals surface area contributed by atoms with Crippen LogP contribution in [-0.2, 0) is 55.9 Å². The van der Waals surface area contributed by atoms with Crippen LogP contribution in [0.5, 0.6) is 11.5 Å². The topological polar surface area (TPSA) is 36.4 Å². The third-order valence-corrected chi connectivity index (χ3v) is 13.9. The molecule has 6 heterocycles. The first-order valence-electron chi connectivity index (χ1n) is 21.9. The maximum absolute atomic E-state index is 6.96. The van der Waals surface area contributed by atoms with E-state index in [0.29, 0.717) is 0 Å². The van der Waals surface area contributed by atoms with Crippen LogP contribution in [0.4, 0.5) is 0 Å². The molecule has 4 bridgehead atoms. The molecule has 62 heavy (non-hydrogen) atoms. The van der Waals surface area contributed by atoms with Gasteiger partial charge in [0.2, 0.25) is 0 Å². The summed E-state index contributed by atoms with van der Waals surface area (Å²) in [5, 5.41) is 2.36. The molecule has 314 valence electrons. The van der Waals surface area contributed by atoms with Gasteiger partial charge in [-0.2, -0.15) is 0 Å². The first-order chi connectivity index (χ1) is 29.7. The van der Waals surface area contributed by atoms with Crippen molar-refractivity contribution in [2.24, 2.45) is 0 Å². The molecule has 4 aromatic heterocycles. The molecule has 2 aliphatic heterocycles. The minimum absolute atomic E-state index is 0.0999. The number of hydrogen-bond donors (Lipinski definition) is 0. The van der Waals surface area contributed by atoms with Crippen LogP contribution in [0, 0.1) is 17.7 Å². The average molecular weight is 994 g/mol. The third-order valence-electron chi connectivity index (χ3n) is 12.9. The van der Waals surface area contributed by atoms with Gasteiger partial charge in [-0.3, -0.25) is 0 Å². The molecule has 5 aromatic carbocycles. The molecule has 5 nitrogen and oxygen atoms in total. The SMILES string of the molecule is Cc1cc(-n2c3ccccc3c3ccc(Oc4cc(-n5cc6c7ccc(n6[c]5=[Pt])CCc5ccc(cc5)CC7)cc(C(C)(C)C)c4)cc32)nc(C)c1-c1ccc(C(C)(C)C)cc1. The molecule has 0 spiro atoms. The number of nitrogens with zero attached hydrogens (tertiary/aromatic N) is 4. The van der Waals surface area contributed by atoms with Crippen LogP contribution in [-0.4, -0.2) is 18.5 Å². The molecule has 0 saturated carbocycles. The molecule has 9 aromatic rings. The number of benzene rings is 5. The summed E-state index contributed by atoms with van der Waals surface area (Å²) in [6.07, 6.45) is 6.33. The molecular weight excluding hydrogens is 940 g/mol. The van der Waals surface area contributed by atoms with Gasteiger partial charge in [0, 0.05) is 11.3 Å². The number of aryl methyl sites for hydroxylation is 6. The average Bonchev–Trinajstić information content (AvgIpc) is 3.76. The van der Waals surface area contributed by atoms with Gasteiger partial charge in [0.05, 0.1) is 0 Å². The zero-order valence-electron chi connectivity index (χ0n) is 37.0. The Hall–Kier alpha value is -5.77. The number of para-hydroxylation sites is 1. The third kappa shape index (κ3) is 7.28. The van der Waals surface area contributed by atoms with Crippen LogP contribution in [0.15, 0.2) is 134 Å². The van der Waals surface area contributed by atoms with Gasteiger partial charge in [-0.05, 0) is 36.0 Å². The monoisotopic (exact) mass is 993 g/mol. The Morgan fingerprint density at radius 3 is 2.00 bits per heavy atom. The first-order valence-corrected chi connectivity index (χ1v) is 23.1. The summed E-state index contributed by atoms with van der Waals surface area (Å²) in [7, 11) is 0. The van der Waals surface area contributed by atoms with Gasteiger partial charge in [-0.25, -0.2) is 0 Å². The number of fused-ring (bicyclic) bond motifs is 3. The van der Waals surface area contributed by atoms with E-state index in [1.807, 2.05) is 0 Å². The van der Waals surface area contributed by atoms with E-state index in [4.69, 9.17) is 9.72 Å². The number of ether oxygens (including phenoxy) is 1. The summed E-state index contributed by atoms with van der Waals surface area (Å²) < 4.78 is 15.3. The van der Waals surface area contributed by atoms with E-state index in [-0.39, 0.29) is 10.8 Å². The van der Waals surface area contributed by atoms with Crippen molar-refractivity contribution in [3.05, 3.63) is 182 Å². The summed E-state index contributed by atoms with van der Waals surface area (Å²) >= 11 is 2.53. The number of aromatic nitrogens is 4. The van der Waals surface area contributed by atoms with Crippen LogP contribution >= 0.6 is 0 Å². The molecular formula is C56H54N4OPt. The minimum atomic E-state index is -0.0999. The van der Waals surface area contributed by atoms with Crippen molar-refractivity contribution in [3.63, 3.8) is 0 Å². The van der Waals surface area contributed by atoms with Crippen molar-refractivity contribution in [2.75, 3.05) is 0 Å². The molecule has 0 radical (unpaired) electrons. The van der Waals surface area contributed by atoms with Crippen molar-refractivity contribution < 1.29 is 24.1 Å². The van der Waals surface area contributed by atoms with E-state index >= 15 is 0 Å². The summed E-state index contributed by atoms with van der Waals surface area (Å²) in [6.45, 7) is 17.9. The maximum atomic E-state index is 6.96. The minimum Gasteiger partial charge on any atom is -0.0579 e. The van der Waals surface area contributed by atoms with Gasteiger partial charge in [-0.1, -0.05) is 57.2 Å². The molecule has 0 saturated heterocycles. The molecule has 0 atom stereocenters. The second-order valence-corrected chi connectivity index (χ2v) is 20.3. The first kappa shape index (κ1) is 40.3. The van der Waals surface area contributed by atoms with Crippen LogP contribution in [0.3, 0.4) is 0 Å². The van der Waals surface area contributed by atoms with Gasteiger partial charge >= 0.3 is 274 Å². The zero-order chi connectivity index (χ0) is 43.1. The molecule has 4 aliphatic rings. The Bertz CT molecular complexity index is 3230. The molecule has 6 heteroatoms. The van der Waals surface area contributed by atoms with Gasteiger partial charge in [0.1, 0.15) is 0 Å². The normalized spacial score (nSPS) is 13.3. The van der Waals surface area contributed by atoms with E-state index < -0.39 is 0 Å². The Kier molecular flexibility index (Phi) is 9.91. The molecule has 0 fully saturated rings. The fourth-order valence-electron chi connectivity index (χ4n) is 9.39. The number of hydrogen-bond acceptors (Lipinski definition) is 2. The Balaban J connectivity index is 1.06. The number of rotatable bonds is 5. The van der Waals surface area contributed by atoms with Crippen LogP contribution < -0.4 is 4.74 Å². The quantitative estimate of drug-likeness (QED) is 0.172. The number of pyridine rings is 2. The summed E-state index contributed by atoms with van der Waals surface area (Å²) in [5.41, 5.74) is 17.2. The predicted octanol–water partition coefficient (Wildman–Crippen LogP) is 13.9. The van der Waals surface area contributed by atoms with Crippen molar-refractivity contribution in [1.29, 1.82) is 0 Å². The zero-order valence-corrected chi connectivity index (χ0v) is 39.3. The van der Waals surface area contributed by atoms with Crippen molar-refractivity contribution in [3.8, 4) is 34.1 Å². The van der Waals surface area contributed by atoms with Crippen LogP contribution in [0.2, 0.25) is 0 Å². The Morgan fingerprint density at radius 1 is 0.597 bits per heavy atom. The summed E-state index contributed by atoms with van der Waals surface area (Å²) in [4.78, 5) is 5.31. The van der Waals surface area contributed by atoms with Gasteiger partial charge < -0.3 is 0 Å². The molecule has 13 rings (SSSR count). The summed E-state index contributed by atoms with van der Waals surface area (Å²) in [5.74, 6) is 2.50. The van der Waals surface area contributed by atoms with Crippen molar-refractivity contribution in [1.82, 2.24) is 18.5 Å². The second kappa shape index (κ2) is 15.2. The van der Waals surface area contributed by atoms with Crippen LogP contribution in [0.25, 0.3) is 50.0 Å². The fourth-order valence-corrected chi connectivity index (χ4v) is 10.4. The van der Waals surface area contributed by atoms with E-state index in [1.165, 1.54) is 66.5 Å². The Labute approximate surface area is 376 Å². The molecule has 0 unspecified atom stereocenters. The molecule has 0 amide bonds.